The van der Waals surface area contributed by atoms with Crippen molar-refractivity contribution in [2.75, 3.05) is 13.6 Å². The van der Waals surface area contributed by atoms with E-state index in [9.17, 15) is 5.11 Å². The molecule has 0 amide bonds. The lowest BCUT2D eigenvalue weighted by molar-refractivity contribution is 0.0856. The smallest absolute Gasteiger partial charge is 0.0840 e. The van der Waals surface area contributed by atoms with Gasteiger partial charge in [-0.25, -0.2) is 0 Å². The highest BCUT2D eigenvalue weighted by atomic mass is 16.3. The summed E-state index contributed by atoms with van der Waals surface area (Å²) < 4.78 is 0. The number of nitrogens with one attached hydrogen (secondary N) is 1. The largest absolute Gasteiger partial charge is 0.386 e. The normalized spacial score (nSPS) is 22.4. The Morgan fingerprint density at radius 2 is 2.21 bits per heavy atom. The zero-order valence-corrected chi connectivity index (χ0v) is 9.47. The molecule has 0 aromatic rings. The van der Waals surface area contributed by atoms with Crippen molar-refractivity contribution >= 4 is 0 Å². The minimum absolute atomic E-state index is 0.590. The Balaban J connectivity index is 2.54. The van der Waals surface area contributed by atoms with Gasteiger partial charge in [0, 0.05) is 0 Å². The molecular formula is C12H23NO. The Labute approximate surface area is 87.4 Å². The molecule has 1 aliphatic rings. The Bertz CT molecular complexity index is 196. The van der Waals surface area contributed by atoms with Crippen LogP contribution in [0, 0.1) is 0 Å². The maximum atomic E-state index is 10.3. The SMILES string of the molecule is CNCCC(C)(O)C1=CCCCCC1. The van der Waals surface area contributed by atoms with E-state index < -0.39 is 5.60 Å². The van der Waals surface area contributed by atoms with Gasteiger partial charge in [0.1, 0.15) is 0 Å². The molecule has 0 spiro atoms. The van der Waals surface area contributed by atoms with E-state index in [2.05, 4.69) is 11.4 Å². The lowest BCUT2D eigenvalue weighted by Crippen LogP contribution is -2.31. The highest BCUT2D eigenvalue weighted by Gasteiger charge is 2.24. The molecule has 14 heavy (non-hydrogen) atoms. The third-order valence-corrected chi connectivity index (χ3v) is 3.09. The molecule has 1 aliphatic carbocycles. The molecule has 1 atom stereocenters. The fraction of sp³-hybridized carbons (Fsp3) is 0.833. The number of hydrogen-bond acceptors (Lipinski definition) is 2. The maximum Gasteiger partial charge on any atom is 0.0840 e. The van der Waals surface area contributed by atoms with Crippen LogP contribution in [0.5, 0.6) is 0 Å². The molecule has 2 nitrogen and oxygen atoms in total. The summed E-state index contributed by atoms with van der Waals surface area (Å²) in [4.78, 5) is 0. The summed E-state index contributed by atoms with van der Waals surface area (Å²) in [6, 6.07) is 0. The molecule has 0 fully saturated rings. The quantitative estimate of drug-likeness (QED) is 0.677. The number of rotatable bonds is 4. The van der Waals surface area contributed by atoms with Crippen molar-refractivity contribution in [2.24, 2.45) is 0 Å². The van der Waals surface area contributed by atoms with Crippen LogP contribution in [0.4, 0.5) is 0 Å². The summed E-state index contributed by atoms with van der Waals surface area (Å²) in [5, 5.41) is 13.4. The molecule has 1 unspecified atom stereocenters. The molecule has 0 heterocycles. The van der Waals surface area contributed by atoms with Gasteiger partial charge in [-0.05, 0) is 58.2 Å². The van der Waals surface area contributed by atoms with Gasteiger partial charge >= 0.3 is 0 Å². The molecule has 0 aromatic carbocycles. The van der Waals surface area contributed by atoms with Crippen molar-refractivity contribution in [3.63, 3.8) is 0 Å². The predicted octanol–water partition coefficient (Wildman–Crippen LogP) is 2.24. The van der Waals surface area contributed by atoms with Gasteiger partial charge in [0.2, 0.25) is 0 Å². The first-order valence-corrected chi connectivity index (χ1v) is 5.73. The first kappa shape index (κ1) is 11.7. The van der Waals surface area contributed by atoms with Gasteiger partial charge in [0.05, 0.1) is 5.60 Å². The minimum Gasteiger partial charge on any atom is -0.386 e. The first-order chi connectivity index (χ1) is 6.67. The standard InChI is InChI=1S/C12H23NO/c1-12(14,9-10-13-2)11-7-5-3-4-6-8-11/h7,13-14H,3-6,8-10H2,1-2H3. The van der Waals surface area contributed by atoms with Gasteiger partial charge in [-0.15, -0.1) is 0 Å². The van der Waals surface area contributed by atoms with E-state index in [0.717, 1.165) is 25.8 Å². The third kappa shape index (κ3) is 3.43. The van der Waals surface area contributed by atoms with Gasteiger partial charge in [-0.2, -0.15) is 0 Å². The average molecular weight is 197 g/mol. The van der Waals surface area contributed by atoms with Crippen LogP contribution >= 0.6 is 0 Å². The molecule has 0 aromatic heterocycles. The molecule has 2 heteroatoms. The Morgan fingerprint density at radius 3 is 2.93 bits per heavy atom. The summed E-state index contributed by atoms with van der Waals surface area (Å²) in [6.07, 6.45) is 9.12. The van der Waals surface area contributed by atoms with Crippen LogP contribution in [0.25, 0.3) is 0 Å². The van der Waals surface area contributed by atoms with Crippen LogP contribution in [-0.2, 0) is 0 Å². The number of aliphatic hydroxyl groups is 1. The molecule has 0 saturated heterocycles. The molecule has 0 aliphatic heterocycles. The van der Waals surface area contributed by atoms with E-state index in [1.165, 1.54) is 24.8 Å². The van der Waals surface area contributed by atoms with E-state index in [-0.39, 0.29) is 0 Å². The molecular weight excluding hydrogens is 174 g/mol. The fourth-order valence-electron chi connectivity index (χ4n) is 2.03. The number of allylic oxidation sites excluding steroid dienone is 1. The van der Waals surface area contributed by atoms with Crippen LogP contribution < -0.4 is 5.32 Å². The summed E-state index contributed by atoms with van der Waals surface area (Å²) in [6.45, 7) is 2.83. The zero-order chi connectivity index (χ0) is 10.4. The Morgan fingerprint density at radius 1 is 1.43 bits per heavy atom. The number of hydrogen-bond donors (Lipinski definition) is 2. The lowest BCUT2D eigenvalue weighted by Gasteiger charge is -2.26. The molecule has 2 N–H and O–H groups in total. The average Bonchev–Trinajstić information content (AvgIpc) is 2.43. The Kier molecular flexibility index (Phi) is 4.63. The van der Waals surface area contributed by atoms with Crippen molar-refractivity contribution in [1.82, 2.24) is 5.32 Å². The molecule has 0 saturated carbocycles. The Hall–Kier alpha value is -0.340. The monoisotopic (exact) mass is 197 g/mol. The predicted molar refractivity (Wildman–Crippen MR) is 60.3 cm³/mol. The van der Waals surface area contributed by atoms with Crippen molar-refractivity contribution in [3.05, 3.63) is 11.6 Å². The first-order valence-electron chi connectivity index (χ1n) is 5.73. The van der Waals surface area contributed by atoms with Gasteiger partial charge in [-0.1, -0.05) is 12.5 Å². The zero-order valence-electron chi connectivity index (χ0n) is 9.47. The van der Waals surface area contributed by atoms with Gasteiger partial charge in [0.25, 0.3) is 0 Å². The van der Waals surface area contributed by atoms with Crippen molar-refractivity contribution < 1.29 is 5.11 Å². The highest BCUT2D eigenvalue weighted by Crippen LogP contribution is 2.28. The van der Waals surface area contributed by atoms with Gasteiger partial charge in [-0.3, -0.25) is 0 Å². The van der Waals surface area contributed by atoms with Crippen molar-refractivity contribution in [3.8, 4) is 0 Å². The second-order valence-corrected chi connectivity index (χ2v) is 4.46. The van der Waals surface area contributed by atoms with Crippen molar-refractivity contribution in [2.45, 2.75) is 51.0 Å². The minimum atomic E-state index is -0.590. The molecule has 1 rings (SSSR count). The van der Waals surface area contributed by atoms with Crippen LogP contribution in [0.2, 0.25) is 0 Å². The van der Waals surface area contributed by atoms with E-state index in [1.54, 1.807) is 0 Å². The van der Waals surface area contributed by atoms with Crippen LogP contribution in [-0.4, -0.2) is 24.3 Å². The van der Waals surface area contributed by atoms with Crippen LogP contribution in [0.3, 0.4) is 0 Å². The summed E-state index contributed by atoms with van der Waals surface area (Å²) in [7, 11) is 1.93. The van der Waals surface area contributed by atoms with E-state index in [4.69, 9.17) is 0 Å². The second-order valence-electron chi connectivity index (χ2n) is 4.46. The van der Waals surface area contributed by atoms with Crippen LogP contribution in [0.15, 0.2) is 11.6 Å². The van der Waals surface area contributed by atoms with E-state index >= 15 is 0 Å². The van der Waals surface area contributed by atoms with E-state index in [0.29, 0.717) is 0 Å². The second kappa shape index (κ2) is 5.52. The van der Waals surface area contributed by atoms with E-state index in [1.807, 2.05) is 14.0 Å². The fourth-order valence-corrected chi connectivity index (χ4v) is 2.03. The molecule has 0 bridgehead atoms. The summed E-state index contributed by atoms with van der Waals surface area (Å²) >= 11 is 0. The maximum absolute atomic E-state index is 10.3. The topological polar surface area (TPSA) is 32.3 Å². The summed E-state index contributed by atoms with van der Waals surface area (Å²) in [5.41, 5.74) is 0.665. The molecule has 0 radical (unpaired) electrons. The highest BCUT2D eigenvalue weighted by molar-refractivity contribution is 5.16. The lowest BCUT2D eigenvalue weighted by atomic mass is 9.89. The molecule has 82 valence electrons. The van der Waals surface area contributed by atoms with Gasteiger partial charge in [0.15, 0.2) is 0 Å². The van der Waals surface area contributed by atoms with Crippen LogP contribution in [0.1, 0.15) is 45.4 Å². The summed E-state index contributed by atoms with van der Waals surface area (Å²) in [5.74, 6) is 0. The van der Waals surface area contributed by atoms with Gasteiger partial charge < -0.3 is 10.4 Å². The third-order valence-electron chi connectivity index (χ3n) is 3.09. The van der Waals surface area contributed by atoms with Crippen molar-refractivity contribution in [1.29, 1.82) is 0 Å².